The van der Waals surface area contributed by atoms with E-state index in [-0.39, 0.29) is 30.3 Å². The predicted molar refractivity (Wildman–Crippen MR) is 112 cm³/mol. The van der Waals surface area contributed by atoms with Crippen LogP contribution in [0.3, 0.4) is 0 Å². The average molecular weight is 394 g/mol. The van der Waals surface area contributed by atoms with Gasteiger partial charge >= 0.3 is 0 Å². The van der Waals surface area contributed by atoms with Crippen LogP contribution in [0.2, 0.25) is 0 Å². The third kappa shape index (κ3) is 5.69. The number of hydrogen-bond donors (Lipinski definition) is 2. The molecule has 3 rings (SSSR count). The van der Waals surface area contributed by atoms with E-state index in [9.17, 15) is 9.59 Å². The van der Waals surface area contributed by atoms with Gasteiger partial charge in [0, 0.05) is 36.8 Å². The van der Waals surface area contributed by atoms with E-state index in [1.54, 1.807) is 0 Å². The number of piperidine rings is 1. The molecule has 2 heterocycles. The smallest absolute Gasteiger partial charge is 0.253 e. The number of nitrogens with zero attached hydrogens (tertiary/aromatic N) is 1. The molecule has 0 saturated carbocycles. The van der Waals surface area contributed by atoms with Crippen LogP contribution >= 0.6 is 12.4 Å². The van der Waals surface area contributed by atoms with Crippen LogP contribution < -0.4 is 10.6 Å². The zero-order chi connectivity index (χ0) is 18.7. The number of carbonyl (C=O) groups is 2. The second kappa shape index (κ2) is 9.56. The number of amides is 2. The zero-order valence-electron chi connectivity index (χ0n) is 16.6. The molecule has 2 N–H and O–H groups in total. The molecule has 5 nitrogen and oxygen atoms in total. The molecule has 3 unspecified atom stereocenters. The van der Waals surface area contributed by atoms with E-state index in [1.165, 1.54) is 6.42 Å². The summed E-state index contributed by atoms with van der Waals surface area (Å²) in [6.45, 7) is 8.98. The fraction of sp³-hybridized carbons (Fsp3) is 0.619. The van der Waals surface area contributed by atoms with Gasteiger partial charge in [0.2, 0.25) is 5.91 Å². The monoisotopic (exact) mass is 393 g/mol. The first-order valence-corrected chi connectivity index (χ1v) is 9.85. The Bertz CT molecular complexity index is 663. The number of benzene rings is 1. The summed E-state index contributed by atoms with van der Waals surface area (Å²) in [5.41, 5.74) is 2.39. The average Bonchev–Trinajstić information content (AvgIpc) is 3.08. The van der Waals surface area contributed by atoms with Crippen molar-refractivity contribution < 1.29 is 9.59 Å². The highest BCUT2D eigenvalue weighted by atomic mass is 35.5. The molecule has 6 heteroatoms. The van der Waals surface area contributed by atoms with Gasteiger partial charge < -0.3 is 15.5 Å². The molecule has 1 aromatic carbocycles. The second-order valence-electron chi connectivity index (χ2n) is 8.23. The maximum atomic E-state index is 12.9. The molecule has 2 aliphatic rings. The Morgan fingerprint density at radius 1 is 1.22 bits per heavy atom. The highest BCUT2D eigenvalue weighted by molar-refractivity contribution is 5.98. The Labute approximate surface area is 168 Å². The molecule has 0 spiro atoms. The zero-order valence-corrected chi connectivity index (χ0v) is 17.4. The molecular formula is C21H32ClN3O2. The van der Waals surface area contributed by atoms with Crippen LogP contribution in [0.5, 0.6) is 0 Å². The molecule has 2 fully saturated rings. The Morgan fingerprint density at radius 3 is 2.56 bits per heavy atom. The Kier molecular flexibility index (Phi) is 7.68. The molecule has 1 aromatic rings. The van der Waals surface area contributed by atoms with Crippen LogP contribution in [0.15, 0.2) is 18.2 Å². The number of aryl methyl sites for hydroxylation is 1. The third-order valence-electron chi connectivity index (χ3n) is 5.51. The number of carbonyl (C=O) groups excluding carboxylic acids is 2. The lowest BCUT2D eigenvalue weighted by Gasteiger charge is -2.35. The van der Waals surface area contributed by atoms with Gasteiger partial charge in [-0.05, 0) is 62.3 Å². The molecule has 0 aliphatic carbocycles. The molecule has 150 valence electrons. The number of hydrogen-bond acceptors (Lipinski definition) is 3. The van der Waals surface area contributed by atoms with Gasteiger partial charge in [-0.3, -0.25) is 9.59 Å². The normalized spacial score (nSPS) is 25.0. The van der Waals surface area contributed by atoms with Crippen molar-refractivity contribution in [3.05, 3.63) is 29.3 Å². The summed E-state index contributed by atoms with van der Waals surface area (Å²) in [6.07, 6.45) is 3.84. The highest BCUT2D eigenvalue weighted by Crippen LogP contribution is 2.24. The number of anilines is 1. The minimum atomic E-state index is 0. The molecule has 27 heavy (non-hydrogen) atoms. The van der Waals surface area contributed by atoms with Gasteiger partial charge in [0.05, 0.1) is 0 Å². The number of halogens is 1. The Morgan fingerprint density at radius 2 is 1.93 bits per heavy atom. The molecule has 0 radical (unpaired) electrons. The Hall–Kier alpha value is -1.59. The second-order valence-corrected chi connectivity index (χ2v) is 8.23. The van der Waals surface area contributed by atoms with E-state index in [2.05, 4.69) is 24.5 Å². The summed E-state index contributed by atoms with van der Waals surface area (Å²) >= 11 is 0. The number of rotatable bonds is 4. The van der Waals surface area contributed by atoms with Crippen molar-refractivity contribution >= 4 is 29.9 Å². The van der Waals surface area contributed by atoms with E-state index in [0.717, 1.165) is 43.7 Å². The first-order valence-electron chi connectivity index (χ1n) is 9.85. The molecular weight excluding hydrogens is 362 g/mol. The number of nitrogens with one attached hydrogen (secondary N) is 2. The van der Waals surface area contributed by atoms with Crippen LogP contribution in [0.4, 0.5) is 5.69 Å². The van der Waals surface area contributed by atoms with Crippen molar-refractivity contribution in [2.75, 3.05) is 25.0 Å². The van der Waals surface area contributed by atoms with Gasteiger partial charge in [0.1, 0.15) is 0 Å². The number of likely N-dealkylation sites (tertiary alicyclic amines) is 1. The van der Waals surface area contributed by atoms with E-state index < -0.39 is 0 Å². The van der Waals surface area contributed by atoms with Crippen LogP contribution in [-0.4, -0.2) is 42.4 Å². The minimum absolute atomic E-state index is 0. The quantitative estimate of drug-likeness (QED) is 0.821. The van der Waals surface area contributed by atoms with E-state index in [1.807, 2.05) is 30.0 Å². The molecule has 2 amide bonds. The van der Waals surface area contributed by atoms with E-state index >= 15 is 0 Å². The van der Waals surface area contributed by atoms with E-state index in [4.69, 9.17) is 0 Å². The Balaban J connectivity index is 0.00000261. The van der Waals surface area contributed by atoms with E-state index in [0.29, 0.717) is 23.8 Å². The van der Waals surface area contributed by atoms with Gasteiger partial charge in [-0.2, -0.15) is 0 Å². The van der Waals surface area contributed by atoms with Crippen LogP contribution in [0.1, 0.15) is 55.5 Å². The third-order valence-corrected chi connectivity index (χ3v) is 5.51. The highest BCUT2D eigenvalue weighted by Gasteiger charge is 2.26. The fourth-order valence-electron chi connectivity index (χ4n) is 4.26. The van der Waals surface area contributed by atoms with Gasteiger partial charge in [-0.25, -0.2) is 0 Å². The van der Waals surface area contributed by atoms with Gasteiger partial charge in [0.15, 0.2) is 0 Å². The summed E-state index contributed by atoms with van der Waals surface area (Å²) in [4.78, 5) is 27.2. The fourth-order valence-corrected chi connectivity index (χ4v) is 4.26. The van der Waals surface area contributed by atoms with Crippen LogP contribution in [-0.2, 0) is 4.79 Å². The topological polar surface area (TPSA) is 61.4 Å². The van der Waals surface area contributed by atoms with Gasteiger partial charge in [0.25, 0.3) is 5.91 Å². The minimum Gasteiger partial charge on any atom is -0.338 e. The first kappa shape index (κ1) is 21.7. The van der Waals surface area contributed by atoms with Gasteiger partial charge in [-0.1, -0.05) is 19.9 Å². The molecule has 2 saturated heterocycles. The lowest BCUT2D eigenvalue weighted by Crippen LogP contribution is -2.42. The molecule has 3 atom stereocenters. The van der Waals surface area contributed by atoms with Crippen LogP contribution in [0.25, 0.3) is 0 Å². The molecule has 0 bridgehead atoms. The predicted octanol–water partition coefficient (Wildman–Crippen LogP) is 3.62. The summed E-state index contributed by atoms with van der Waals surface area (Å²) in [6, 6.07) is 5.90. The summed E-state index contributed by atoms with van der Waals surface area (Å²) in [5, 5.41) is 6.35. The van der Waals surface area contributed by atoms with Crippen molar-refractivity contribution in [3.63, 3.8) is 0 Å². The summed E-state index contributed by atoms with van der Waals surface area (Å²) in [5.74, 6) is 1.14. The SMILES string of the molecule is Cc1ccc(C(=O)N2CC(C)CC(C)C2)cc1NC(=O)CC1CCCN1.Cl. The maximum absolute atomic E-state index is 12.9. The van der Waals surface area contributed by atoms with Crippen molar-refractivity contribution in [2.24, 2.45) is 11.8 Å². The van der Waals surface area contributed by atoms with Crippen molar-refractivity contribution in [2.45, 2.75) is 52.5 Å². The van der Waals surface area contributed by atoms with Crippen molar-refractivity contribution in [1.82, 2.24) is 10.2 Å². The van der Waals surface area contributed by atoms with Crippen molar-refractivity contribution in [1.29, 1.82) is 0 Å². The molecule has 2 aliphatic heterocycles. The standard InChI is InChI=1S/C21H31N3O2.ClH/c1-14-9-15(2)13-24(12-14)21(26)17-7-6-16(3)19(10-17)23-20(25)11-18-5-4-8-22-18;/h6-7,10,14-15,18,22H,4-5,8-9,11-13H2,1-3H3,(H,23,25);1H. The largest absolute Gasteiger partial charge is 0.338 e. The first-order chi connectivity index (χ1) is 12.4. The lowest BCUT2D eigenvalue weighted by atomic mass is 9.91. The van der Waals surface area contributed by atoms with Gasteiger partial charge in [-0.15, -0.1) is 12.4 Å². The summed E-state index contributed by atoms with van der Waals surface area (Å²) < 4.78 is 0. The van der Waals surface area contributed by atoms with Crippen molar-refractivity contribution in [3.8, 4) is 0 Å². The lowest BCUT2D eigenvalue weighted by molar-refractivity contribution is -0.116. The van der Waals surface area contributed by atoms with Crippen LogP contribution in [0, 0.1) is 18.8 Å². The summed E-state index contributed by atoms with van der Waals surface area (Å²) in [7, 11) is 0. The maximum Gasteiger partial charge on any atom is 0.253 e. The molecule has 0 aromatic heterocycles.